The van der Waals surface area contributed by atoms with Crippen LogP contribution in [0, 0.1) is 0 Å². The predicted molar refractivity (Wildman–Crippen MR) is 129 cm³/mol. The van der Waals surface area contributed by atoms with Gasteiger partial charge in [0, 0.05) is 11.3 Å². The summed E-state index contributed by atoms with van der Waals surface area (Å²) < 4.78 is 2.11. The molecule has 1 fully saturated rings. The second-order valence-corrected chi connectivity index (χ2v) is 9.03. The molecule has 4 rings (SSSR count). The summed E-state index contributed by atoms with van der Waals surface area (Å²) in [6.07, 6.45) is 3.72. The third-order valence-electron chi connectivity index (χ3n) is 5.58. The number of hydrogen-bond donors (Lipinski definition) is 2. The first-order chi connectivity index (χ1) is 16.1. The van der Waals surface area contributed by atoms with Gasteiger partial charge in [-0.1, -0.05) is 48.5 Å². The summed E-state index contributed by atoms with van der Waals surface area (Å²) in [5, 5.41) is 12.4. The van der Waals surface area contributed by atoms with Crippen molar-refractivity contribution in [2.75, 3.05) is 24.2 Å². The fourth-order valence-corrected chi connectivity index (χ4v) is 4.59. The van der Waals surface area contributed by atoms with Crippen LogP contribution < -0.4 is 11.1 Å². The lowest BCUT2D eigenvalue weighted by Gasteiger charge is -2.26. The number of nitrogens with two attached hydrogens (primary N) is 1. The van der Waals surface area contributed by atoms with Gasteiger partial charge < -0.3 is 15.6 Å². The van der Waals surface area contributed by atoms with Crippen LogP contribution in [-0.4, -0.2) is 50.3 Å². The molecule has 0 bridgehead atoms. The van der Waals surface area contributed by atoms with Gasteiger partial charge in [-0.2, -0.15) is 0 Å². The molecule has 9 heteroatoms. The molecule has 2 heterocycles. The molecule has 1 aliphatic heterocycles. The summed E-state index contributed by atoms with van der Waals surface area (Å²) in [5.41, 5.74) is 7.44. The largest absolute Gasteiger partial charge is 0.366 e. The third-order valence-corrected chi connectivity index (χ3v) is 6.54. The Morgan fingerprint density at radius 1 is 0.939 bits per heavy atom. The SMILES string of the molecule is NC(=O)c1ccc(NC(=O)CSc2nnc(CN3CCCCC3)n2Cc2ccccc2)cc1. The second kappa shape index (κ2) is 11.1. The minimum atomic E-state index is -0.499. The number of likely N-dealkylation sites (tertiary alicyclic amines) is 1. The van der Waals surface area contributed by atoms with E-state index in [4.69, 9.17) is 5.73 Å². The van der Waals surface area contributed by atoms with Crippen LogP contribution in [0.4, 0.5) is 5.69 Å². The molecular weight excluding hydrogens is 436 g/mol. The molecule has 0 aliphatic carbocycles. The lowest BCUT2D eigenvalue weighted by Crippen LogP contribution is -2.30. The van der Waals surface area contributed by atoms with Crippen LogP contribution in [0.15, 0.2) is 59.8 Å². The smallest absolute Gasteiger partial charge is 0.248 e. The maximum Gasteiger partial charge on any atom is 0.248 e. The van der Waals surface area contributed by atoms with Gasteiger partial charge in [0.25, 0.3) is 0 Å². The van der Waals surface area contributed by atoms with E-state index in [-0.39, 0.29) is 11.7 Å². The van der Waals surface area contributed by atoms with Gasteiger partial charge in [0.2, 0.25) is 11.8 Å². The van der Waals surface area contributed by atoms with Crippen LogP contribution in [0.1, 0.15) is 41.0 Å². The molecule has 1 saturated heterocycles. The van der Waals surface area contributed by atoms with E-state index >= 15 is 0 Å². The molecule has 8 nitrogen and oxygen atoms in total. The fourth-order valence-electron chi connectivity index (χ4n) is 3.83. The summed E-state index contributed by atoms with van der Waals surface area (Å²) in [4.78, 5) is 26.1. The maximum atomic E-state index is 12.5. The molecule has 0 saturated carbocycles. The third kappa shape index (κ3) is 6.43. The Hall–Kier alpha value is -3.17. The van der Waals surface area contributed by atoms with Crippen molar-refractivity contribution in [3.05, 3.63) is 71.5 Å². The Kier molecular flexibility index (Phi) is 7.74. The van der Waals surface area contributed by atoms with Gasteiger partial charge in [0.05, 0.1) is 18.8 Å². The van der Waals surface area contributed by atoms with Crippen molar-refractivity contribution >= 4 is 29.3 Å². The topological polar surface area (TPSA) is 106 Å². The number of carbonyl (C=O) groups is 2. The zero-order valence-corrected chi connectivity index (χ0v) is 19.3. The molecule has 0 radical (unpaired) electrons. The first-order valence-electron chi connectivity index (χ1n) is 11.1. The Morgan fingerprint density at radius 2 is 1.67 bits per heavy atom. The average Bonchev–Trinajstić information content (AvgIpc) is 3.20. The van der Waals surface area contributed by atoms with Crippen molar-refractivity contribution in [3.8, 4) is 0 Å². The van der Waals surface area contributed by atoms with E-state index in [1.54, 1.807) is 24.3 Å². The first kappa shape index (κ1) is 23.0. The first-order valence-corrected chi connectivity index (χ1v) is 12.1. The number of nitrogens with one attached hydrogen (secondary N) is 1. The van der Waals surface area contributed by atoms with Crippen molar-refractivity contribution < 1.29 is 9.59 Å². The van der Waals surface area contributed by atoms with Crippen molar-refractivity contribution in [2.45, 2.75) is 37.5 Å². The van der Waals surface area contributed by atoms with Crippen molar-refractivity contribution in [2.24, 2.45) is 5.73 Å². The van der Waals surface area contributed by atoms with Crippen LogP contribution in [0.3, 0.4) is 0 Å². The van der Waals surface area contributed by atoms with Crippen LogP contribution in [0.25, 0.3) is 0 Å². The minimum Gasteiger partial charge on any atom is -0.366 e. The number of hydrogen-bond acceptors (Lipinski definition) is 6. The molecule has 172 valence electrons. The molecule has 3 aromatic rings. The van der Waals surface area contributed by atoms with E-state index in [1.165, 1.54) is 31.0 Å². The molecule has 2 aromatic carbocycles. The summed E-state index contributed by atoms with van der Waals surface area (Å²) in [6.45, 7) is 3.59. The normalized spacial score (nSPS) is 14.2. The van der Waals surface area contributed by atoms with Crippen molar-refractivity contribution in [3.63, 3.8) is 0 Å². The van der Waals surface area contributed by atoms with Crippen LogP contribution >= 0.6 is 11.8 Å². The van der Waals surface area contributed by atoms with Gasteiger partial charge in [-0.3, -0.25) is 14.5 Å². The highest BCUT2D eigenvalue weighted by Gasteiger charge is 2.18. The predicted octanol–water partition coefficient (Wildman–Crippen LogP) is 3.14. The fraction of sp³-hybridized carbons (Fsp3) is 0.333. The highest BCUT2D eigenvalue weighted by atomic mass is 32.2. The number of piperidine rings is 1. The van der Waals surface area contributed by atoms with Crippen molar-refractivity contribution in [1.82, 2.24) is 19.7 Å². The molecule has 0 atom stereocenters. The summed E-state index contributed by atoms with van der Waals surface area (Å²) in [6, 6.07) is 16.7. The molecule has 0 spiro atoms. The number of thioether (sulfide) groups is 1. The number of primary amides is 1. The van der Waals surface area contributed by atoms with E-state index in [9.17, 15) is 9.59 Å². The van der Waals surface area contributed by atoms with Crippen molar-refractivity contribution in [1.29, 1.82) is 0 Å². The summed E-state index contributed by atoms with van der Waals surface area (Å²) in [7, 11) is 0. The monoisotopic (exact) mass is 464 g/mol. The number of anilines is 1. The zero-order chi connectivity index (χ0) is 23.0. The maximum absolute atomic E-state index is 12.5. The van der Waals surface area contributed by atoms with Crippen LogP contribution in [-0.2, 0) is 17.9 Å². The molecule has 0 unspecified atom stereocenters. The highest BCUT2D eigenvalue weighted by Crippen LogP contribution is 2.21. The standard InChI is InChI=1S/C24H28N6O2S/c25-23(32)19-9-11-20(12-10-19)26-22(31)17-33-24-28-27-21(16-29-13-5-2-6-14-29)30(24)15-18-7-3-1-4-8-18/h1,3-4,7-12H,2,5-6,13-17H2,(H2,25,32)(H,26,31). The van der Waals surface area contributed by atoms with E-state index in [1.807, 2.05) is 18.2 Å². The van der Waals surface area contributed by atoms with Gasteiger partial charge in [-0.05, 0) is 55.8 Å². The summed E-state index contributed by atoms with van der Waals surface area (Å²) in [5.74, 6) is 0.472. The Morgan fingerprint density at radius 3 is 2.36 bits per heavy atom. The number of rotatable bonds is 9. The average molecular weight is 465 g/mol. The molecule has 1 aromatic heterocycles. The lowest BCUT2D eigenvalue weighted by atomic mass is 10.1. The summed E-state index contributed by atoms with van der Waals surface area (Å²) >= 11 is 1.37. The zero-order valence-electron chi connectivity index (χ0n) is 18.4. The van der Waals surface area contributed by atoms with E-state index in [0.29, 0.717) is 17.8 Å². The molecule has 3 N–H and O–H groups in total. The lowest BCUT2D eigenvalue weighted by molar-refractivity contribution is -0.113. The number of amides is 2. The van der Waals surface area contributed by atoms with Gasteiger partial charge >= 0.3 is 0 Å². The number of nitrogens with zero attached hydrogens (tertiary/aromatic N) is 4. The highest BCUT2D eigenvalue weighted by molar-refractivity contribution is 7.99. The minimum absolute atomic E-state index is 0.154. The van der Waals surface area contributed by atoms with Gasteiger partial charge in [-0.25, -0.2) is 0 Å². The Labute approximate surface area is 197 Å². The van der Waals surface area contributed by atoms with Crippen LogP contribution in [0.5, 0.6) is 0 Å². The molecule has 1 aliphatic rings. The van der Waals surface area contributed by atoms with Gasteiger partial charge in [0.1, 0.15) is 5.82 Å². The molecular formula is C24H28N6O2S. The number of benzene rings is 2. The second-order valence-electron chi connectivity index (χ2n) is 8.09. The van der Waals surface area contributed by atoms with Gasteiger partial charge in [0.15, 0.2) is 5.16 Å². The molecule has 33 heavy (non-hydrogen) atoms. The number of carbonyl (C=O) groups excluding carboxylic acids is 2. The Bertz CT molecular complexity index is 1080. The van der Waals surface area contributed by atoms with E-state index in [2.05, 4.69) is 37.1 Å². The van der Waals surface area contributed by atoms with Crippen LogP contribution in [0.2, 0.25) is 0 Å². The Balaban J connectivity index is 1.43. The molecule has 2 amide bonds. The quantitative estimate of drug-likeness (QED) is 0.471. The van der Waals surface area contributed by atoms with E-state index in [0.717, 1.165) is 36.2 Å². The van der Waals surface area contributed by atoms with E-state index < -0.39 is 5.91 Å². The van der Waals surface area contributed by atoms with Gasteiger partial charge in [-0.15, -0.1) is 10.2 Å². The number of aromatic nitrogens is 3.